The van der Waals surface area contributed by atoms with Crippen LogP contribution >= 0.6 is 11.6 Å². The van der Waals surface area contributed by atoms with Crippen LogP contribution in [0.3, 0.4) is 0 Å². The lowest BCUT2D eigenvalue weighted by molar-refractivity contribution is 0.0676. The topological polar surface area (TPSA) is 50.5 Å². The molecule has 1 unspecified atom stereocenters. The quantitative estimate of drug-likeness (QED) is 0.680. The van der Waals surface area contributed by atoms with Crippen molar-refractivity contribution >= 4 is 23.2 Å². The lowest BCUT2D eigenvalue weighted by atomic mass is 10.0. The summed E-state index contributed by atoms with van der Waals surface area (Å²) in [6.45, 7) is 5.76. The number of nitrogens with zero attached hydrogens (tertiary/aromatic N) is 4. The van der Waals surface area contributed by atoms with E-state index in [0.29, 0.717) is 22.3 Å². The number of aromatic nitrogens is 3. The van der Waals surface area contributed by atoms with Crippen molar-refractivity contribution in [2.75, 3.05) is 13.1 Å². The number of aryl methyl sites for hydroxylation is 1. The van der Waals surface area contributed by atoms with Gasteiger partial charge in [0.05, 0.1) is 5.69 Å². The minimum Gasteiger partial charge on any atom is -0.337 e. The highest BCUT2D eigenvalue weighted by atomic mass is 35.5. The fourth-order valence-corrected chi connectivity index (χ4v) is 3.66. The number of carbonyl (C=O) groups excluding carboxylic acids is 1. The molecule has 1 saturated heterocycles. The Bertz CT molecular complexity index is 964. The lowest BCUT2D eigenvalue weighted by Crippen LogP contribution is -2.39. The van der Waals surface area contributed by atoms with E-state index in [4.69, 9.17) is 11.6 Å². The highest BCUT2D eigenvalue weighted by Gasteiger charge is 2.24. The first-order chi connectivity index (χ1) is 12.5. The highest BCUT2D eigenvalue weighted by molar-refractivity contribution is 6.30. The zero-order valence-corrected chi connectivity index (χ0v) is 15.7. The van der Waals surface area contributed by atoms with Crippen LogP contribution in [0.5, 0.6) is 0 Å². The van der Waals surface area contributed by atoms with Gasteiger partial charge in [-0.2, -0.15) is 5.10 Å². The fraction of sp³-hybridized carbons (Fsp3) is 0.350. The Kier molecular flexibility index (Phi) is 4.41. The van der Waals surface area contributed by atoms with Crippen LogP contribution < -0.4 is 0 Å². The summed E-state index contributed by atoms with van der Waals surface area (Å²) in [5, 5.41) is 5.20. The SMILES string of the molecule is Cc1cc(-c2ccc(Cl)cc2)nc2cc(C(=O)N3CCCC(C)C3)nn12. The van der Waals surface area contributed by atoms with Gasteiger partial charge in [0.25, 0.3) is 5.91 Å². The monoisotopic (exact) mass is 368 g/mol. The van der Waals surface area contributed by atoms with Crippen LogP contribution in [0, 0.1) is 12.8 Å². The van der Waals surface area contributed by atoms with Gasteiger partial charge in [-0.05, 0) is 43.9 Å². The van der Waals surface area contributed by atoms with Crippen molar-refractivity contribution < 1.29 is 4.79 Å². The molecule has 3 heterocycles. The van der Waals surface area contributed by atoms with E-state index in [0.717, 1.165) is 36.5 Å². The third kappa shape index (κ3) is 3.19. The van der Waals surface area contributed by atoms with Crippen molar-refractivity contribution in [1.29, 1.82) is 0 Å². The molecule has 1 aromatic carbocycles. The zero-order valence-electron chi connectivity index (χ0n) is 14.9. The van der Waals surface area contributed by atoms with E-state index in [2.05, 4.69) is 17.0 Å². The van der Waals surface area contributed by atoms with Gasteiger partial charge in [0, 0.05) is 35.4 Å². The molecule has 6 heteroatoms. The second-order valence-electron chi connectivity index (χ2n) is 7.09. The Labute approximate surface area is 157 Å². The molecule has 3 aromatic rings. The molecular weight excluding hydrogens is 348 g/mol. The Hall–Kier alpha value is -2.40. The van der Waals surface area contributed by atoms with Crippen molar-refractivity contribution in [1.82, 2.24) is 19.5 Å². The number of piperidine rings is 1. The summed E-state index contributed by atoms with van der Waals surface area (Å²) in [4.78, 5) is 19.4. The van der Waals surface area contributed by atoms with E-state index in [9.17, 15) is 4.79 Å². The molecule has 2 aromatic heterocycles. The van der Waals surface area contributed by atoms with E-state index in [1.807, 2.05) is 42.2 Å². The van der Waals surface area contributed by atoms with Crippen molar-refractivity contribution in [2.45, 2.75) is 26.7 Å². The first-order valence-electron chi connectivity index (χ1n) is 8.94. The predicted octanol–water partition coefficient (Wildman–Crippen LogP) is 4.23. The van der Waals surface area contributed by atoms with Crippen molar-refractivity contribution in [2.24, 2.45) is 5.92 Å². The van der Waals surface area contributed by atoms with Gasteiger partial charge in [0.1, 0.15) is 0 Å². The lowest BCUT2D eigenvalue weighted by Gasteiger charge is -2.30. The number of hydrogen-bond donors (Lipinski definition) is 0. The Morgan fingerprint density at radius 2 is 2.00 bits per heavy atom. The Balaban J connectivity index is 1.69. The van der Waals surface area contributed by atoms with Crippen LogP contribution in [0.4, 0.5) is 0 Å². The molecule has 0 N–H and O–H groups in total. The fourth-order valence-electron chi connectivity index (χ4n) is 3.53. The standard InChI is InChI=1S/C20H21ClN4O/c1-13-4-3-9-24(12-13)20(26)18-11-19-22-17(10-14(2)25(19)23-18)15-5-7-16(21)8-6-15/h5-8,10-11,13H,3-4,9,12H2,1-2H3. The number of benzene rings is 1. The summed E-state index contributed by atoms with van der Waals surface area (Å²) in [6, 6.07) is 11.3. The number of halogens is 1. The highest BCUT2D eigenvalue weighted by Crippen LogP contribution is 2.23. The summed E-state index contributed by atoms with van der Waals surface area (Å²) in [7, 11) is 0. The summed E-state index contributed by atoms with van der Waals surface area (Å²) in [5.74, 6) is 0.538. The summed E-state index contributed by atoms with van der Waals surface area (Å²) in [5.41, 5.74) is 3.91. The third-order valence-corrected chi connectivity index (χ3v) is 5.16. The normalized spacial score (nSPS) is 17.7. The number of rotatable bonds is 2. The average molecular weight is 369 g/mol. The van der Waals surface area contributed by atoms with Gasteiger partial charge in [-0.25, -0.2) is 9.50 Å². The predicted molar refractivity (Wildman–Crippen MR) is 102 cm³/mol. The molecule has 134 valence electrons. The Morgan fingerprint density at radius 1 is 1.23 bits per heavy atom. The van der Waals surface area contributed by atoms with Crippen molar-refractivity contribution in [3.63, 3.8) is 0 Å². The number of fused-ring (bicyclic) bond motifs is 1. The van der Waals surface area contributed by atoms with Crippen LogP contribution in [-0.2, 0) is 0 Å². The molecule has 1 aliphatic rings. The first-order valence-corrected chi connectivity index (χ1v) is 9.32. The van der Waals surface area contributed by atoms with Crippen LogP contribution in [-0.4, -0.2) is 38.5 Å². The number of amides is 1. The number of carbonyl (C=O) groups is 1. The largest absolute Gasteiger partial charge is 0.337 e. The second kappa shape index (κ2) is 6.72. The van der Waals surface area contributed by atoms with E-state index in [1.54, 1.807) is 10.6 Å². The molecule has 5 nitrogen and oxygen atoms in total. The van der Waals surface area contributed by atoms with Crippen molar-refractivity contribution in [3.05, 3.63) is 52.8 Å². The maximum Gasteiger partial charge on any atom is 0.274 e. The Morgan fingerprint density at radius 3 is 2.73 bits per heavy atom. The molecule has 0 saturated carbocycles. The molecule has 1 fully saturated rings. The third-order valence-electron chi connectivity index (χ3n) is 4.91. The van der Waals surface area contributed by atoms with Gasteiger partial charge >= 0.3 is 0 Å². The van der Waals surface area contributed by atoms with Crippen LogP contribution in [0.1, 0.15) is 35.9 Å². The molecule has 1 atom stereocenters. The van der Waals surface area contributed by atoms with Gasteiger partial charge in [-0.1, -0.05) is 30.7 Å². The average Bonchev–Trinajstić information content (AvgIpc) is 3.06. The van der Waals surface area contributed by atoms with E-state index >= 15 is 0 Å². The van der Waals surface area contributed by atoms with Crippen LogP contribution in [0.2, 0.25) is 5.02 Å². The van der Waals surface area contributed by atoms with Crippen LogP contribution in [0.15, 0.2) is 36.4 Å². The van der Waals surface area contributed by atoms with Gasteiger partial charge in [-0.15, -0.1) is 0 Å². The van der Waals surface area contributed by atoms with Gasteiger partial charge in [0.15, 0.2) is 11.3 Å². The first kappa shape index (κ1) is 17.0. The van der Waals surface area contributed by atoms with Crippen molar-refractivity contribution in [3.8, 4) is 11.3 Å². The van der Waals surface area contributed by atoms with Gasteiger partial charge in [0.2, 0.25) is 0 Å². The number of likely N-dealkylation sites (tertiary alicyclic amines) is 1. The zero-order chi connectivity index (χ0) is 18.3. The number of hydrogen-bond acceptors (Lipinski definition) is 3. The molecule has 1 aliphatic heterocycles. The maximum absolute atomic E-state index is 12.8. The minimum atomic E-state index is -0.00510. The second-order valence-corrected chi connectivity index (χ2v) is 7.52. The molecule has 0 aliphatic carbocycles. The minimum absolute atomic E-state index is 0.00510. The molecular formula is C20H21ClN4O. The molecule has 1 amide bonds. The maximum atomic E-state index is 12.8. The van der Waals surface area contributed by atoms with E-state index in [1.165, 1.54) is 6.42 Å². The smallest absolute Gasteiger partial charge is 0.274 e. The van der Waals surface area contributed by atoms with E-state index in [-0.39, 0.29) is 5.91 Å². The summed E-state index contributed by atoms with van der Waals surface area (Å²) < 4.78 is 1.74. The summed E-state index contributed by atoms with van der Waals surface area (Å²) in [6.07, 6.45) is 2.23. The molecule has 0 spiro atoms. The summed E-state index contributed by atoms with van der Waals surface area (Å²) >= 11 is 5.97. The molecule has 26 heavy (non-hydrogen) atoms. The van der Waals surface area contributed by atoms with Gasteiger partial charge < -0.3 is 4.90 Å². The van der Waals surface area contributed by atoms with E-state index < -0.39 is 0 Å². The molecule has 0 bridgehead atoms. The van der Waals surface area contributed by atoms with Crippen LogP contribution in [0.25, 0.3) is 16.9 Å². The molecule has 0 radical (unpaired) electrons. The molecule has 4 rings (SSSR count). The van der Waals surface area contributed by atoms with Gasteiger partial charge in [-0.3, -0.25) is 4.79 Å².